The van der Waals surface area contributed by atoms with Crippen LogP contribution >= 0.6 is 22.9 Å². The molecule has 5 nitrogen and oxygen atoms in total. The summed E-state index contributed by atoms with van der Waals surface area (Å²) in [6.45, 7) is 0.928. The molecular formula is C15H18ClN3O2S. The first kappa shape index (κ1) is 16.7. The summed E-state index contributed by atoms with van der Waals surface area (Å²) >= 11 is 7.43. The molecule has 0 bridgehead atoms. The van der Waals surface area contributed by atoms with Gasteiger partial charge in [0.1, 0.15) is 0 Å². The van der Waals surface area contributed by atoms with Crippen molar-refractivity contribution in [2.45, 2.75) is 12.5 Å². The maximum absolute atomic E-state index is 12.0. The smallest absolute Gasteiger partial charge is 0.315 e. The molecule has 1 aromatic carbocycles. The average Bonchev–Trinajstić information content (AvgIpc) is 3.01. The number of aromatic nitrogens is 1. The van der Waals surface area contributed by atoms with Gasteiger partial charge in [-0.2, -0.15) is 0 Å². The highest BCUT2D eigenvalue weighted by molar-refractivity contribution is 7.07. The fourth-order valence-corrected chi connectivity index (χ4v) is 2.68. The van der Waals surface area contributed by atoms with Crippen molar-refractivity contribution in [2.75, 3.05) is 20.3 Å². The molecule has 1 atom stereocenters. The van der Waals surface area contributed by atoms with Gasteiger partial charge >= 0.3 is 6.03 Å². The van der Waals surface area contributed by atoms with Crippen molar-refractivity contribution in [1.82, 2.24) is 15.6 Å². The summed E-state index contributed by atoms with van der Waals surface area (Å²) < 4.78 is 5.17. The van der Waals surface area contributed by atoms with E-state index in [0.717, 1.165) is 11.3 Å². The highest BCUT2D eigenvalue weighted by Crippen LogP contribution is 2.16. The minimum Gasteiger partial charge on any atom is -0.382 e. The summed E-state index contributed by atoms with van der Waals surface area (Å²) in [6, 6.07) is 6.89. The third kappa shape index (κ3) is 5.29. The Morgan fingerprint density at radius 3 is 2.82 bits per heavy atom. The summed E-state index contributed by atoms with van der Waals surface area (Å²) in [4.78, 5) is 16.1. The molecule has 0 fully saturated rings. The Morgan fingerprint density at radius 2 is 2.18 bits per heavy atom. The molecule has 2 rings (SSSR count). The SMILES string of the molecule is COCC(NC(=O)NCCc1cscn1)c1ccc(Cl)cc1. The van der Waals surface area contributed by atoms with Crippen molar-refractivity contribution in [3.8, 4) is 0 Å². The van der Waals surface area contributed by atoms with Gasteiger partial charge in [-0.1, -0.05) is 23.7 Å². The summed E-state index contributed by atoms with van der Waals surface area (Å²) in [5.41, 5.74) is 3.71. The summed E-state index contributed by atoms with van der Waals surface area (Å²) in [6.07, 6.45) is 0.715. The number of amides is 2. The Labute approximate surface area is 138 Å². The van der Waals surface area contributed by atoms with E-state index in [0.29, 0.717) is 24.6 Å². The molecule has 0 saturated heterocycles. The van der Waals surface area contributed by atoms with E-state index in [1.54, 1.807) is 36.1 Å². The van der Waals surface area contributed by atoms with Crippen LogP contribution in [0.1, 0.15) is 17.3 Å². The number of nitrogens with zero attached hydrogens (tertiary/aromatic N) is 1. The van der Waals surface area contributed by atoms with Gasteiger partial charge in [0.25, 0.3) is 0 Å². The molecule has 1 heterocycles. The standard InChI is InChI=1S/C15H18ClN3O2S/c1-21-8-14(11-2-4-12(16)5-3-11)19-15(20)17-7-6-13-9-22-10-18-13/h2-5,9-10,14H,6-8H2,1H3,(H2,17,19,20). The number of urea groups is 1. The van der Waals surface area contributed by atoms with Crippen LogP contribution in [0.5, 0.6) is 0 Å². The van der Waals surface area contributed by atoms with Crippen molar-refractivity contribution >= 4 is 29.0 Å². The molecule has 0 saturated carbocycles. The lowest BCUT2D eigenvalue weighted by Gasteiger charge is -2.19. The molecule has 2 aromatic rings. The van der Waals surface area contributed by atoms with Gasteiger partial charge < -0.3 is 15.4 Å². The van der Waals surface area contributed by atoms with Gasteiger partial charge in [0.2, 0.25) is 0 Å². The number of ether oxygens (including phenoxy) is 1. The van der Waals surface area contributed by atoms with Gasteiger partial charge in [0.05, 0.1) is 23.9 Å². The molecule has 118 valence electrons. The van der Waals surface area contributed by atoms with Gasteiger partial charge in [-0.15, -0.1) is 11.3 Å². The third-order valence-corrected chi connectivity index (χ3v) is 3.95. The van der Waals surface area contributed by atoms with Crippen molar-refractivity contribution in [3.63, 3.8) is 0 Å². The van der Waals surface area contributed by atoms with E-state index in [1.807, 2.05) is 17.5 Å². The molecule has 2 N–H and O–H groups in total. The summed E-state index contributed by atoms with van der Waals surface area (Å²) in [5, 5.41) is 8.35. The maximum Gasteiger partial charge on any atom is 0.315 e. The minimum atomic E-state index is -0.229. The summed E-state index contributed by atoms with van der Waals surface area (Å²) in [5.74, 6) is 0. The molecule has 7 heteroatoms. The number of hydrogen-bond donors (Lipinski definition) is 2. The molecule has 1 aromatic heterocycles. The topological polar surface area (TPSA) is 63.2 Å². The van der Waals surface area contributed by atoms with Crippen molar-refractivity contribution in [2.24, 2.45) is 0 Å². The van der Waals surface area contributed by atoms with Gasteiger partial charge in [-0.25, -0.2) is 9.78 Å². The van der Waals surface area contributed by atoms with E-state index in [4.69, 9.17) is 16.3 Å². The second-order valence-electron chi connectivity index (χ2n) is 4.69. The highest BCUT2D eigenvalue weighted by atomic mass is 35.5. The zero-order chi connectivity index (χ0) is 15.8. The zero-order valence-corrected chi connectivity index (χ0v) is 13.8. The number of carbonyl (C=O) groups is 1. The second kappa shape index (κ2) is 8.73. The van der Waals surface area contributed by atoms with E-state index in [2.05, 4.69) is 15.6 Å². The largest absolute Gasteiger partial charge is 0.382 e. The molecule has 0 aliphatic heterocycles. The molecule has 0 radical (unpaired) electrons. The molecule has 0 spiro atoms. The number of carbonyl (C=O) groups excluding carboxylic acids is 1. The molecule has 0 aliphatic carbocycles. The van der Waals surface area contributed by atoms with E-state index in [1.165, 1.54) is 0 Å². The van der Waals surface area contributed by atoms with Crippen LogP contribution in [-0.2, 0) is 11.2 Å². The number of hydrogen-bond acceptors (Lipinski definition) is 4. The molecule has 0 aliphatic rings. The van der Waals surface area contributed by atoms with Crippen molar-refractivity contribution in [1.29, 1.82) is 0 Å². The van der Waals surface area contributed by atoms with Gasteiger partial charge in [-0.3, -0.25) is 0 Å². The average molecular weight is 340 g/mol. The molecule has 22 heavy (non-hydrogen) atoms. The predicted molar refractivity (Wildman–Crippen MR) is 88.4 cm³/mol. The van der Waals surface area contributed by atoms with Crippen LogP contribution in [0, 0.1) is 0 Å². The van der Waals surface area contributed by atoms with E-state index >= 15 is 0 Å². The van der Waals surface area contributed by atoms with Crippen LogP contribution in [0.25, 0.3) is 0 Å². The third-order valence-electron chi connectivity index (χ3n) is 3.06. The molecule has 1 unspecified atom stereocenters. The first-order chi connectivity index (χ1) is 10.7. The first-order valence-corrected chi connectivity index (χ1v) is 8.17. The fraction of sp³-hybridized carbons (Fsp3) is 0.333. The first-order valence-electron chi connectivity index (χ1n) is 6.85. The number of thiazole rings is 1. The lowest BCUT2D eigenvalue weighted by atomic mass is 10.1. The van der Waals surface area contributed by atoms with Crippen LogP contribution in [0.3, 0.4) is 0 Å². The van der Waals surface area contributed by atoms with Gasteiger partial charge in [0.15, 0.2) is 0 Å². The van der Waals surface area contributed by atoms with Gasteiger partial charge in [-0.05, 0) is 17.7 Å². The maximum atomic E-state index is 12.0. The normalized spacial score (nSPS) is 11.9. The van der Waals surface area contributed by atoms with Gasteiger partial charge in [0, 0.05) is 30.5 Å². The fourth-order valence-electron chi connectivity index (χ4n) is 1.96. The highest BCUT2D eigenvalue weighted by Gasteiger charge is 2.14. The van der Waals surface area contributed by atoms with Crippen LogP contribution in [0.4, 0.5) is 4.79 Å². The number of halogens is 1. The lowest BCUT2D eigenvalue weighted by molar-refractivity contribution is 0.166. The monoisotopic (exact) mass is 339 g/mol. The second-order valence-corrected chi connectivity index (χ2v) is 5.84. The number of benzene rings is 1. The Kier molecular flexibility index (Phi) is 6.64. The van der Waals surface area contributed by atoms with Crippen molar-refractivity contribution in [3.05, 3.63) is 51.4 Å². The number of nitrogens with one attached hydrogen (secondary N) is 2. The zero-order valence-electron chi connectivity index (χ0n) is 12.2. The lowest BCUT2D eigenvalue weighted by Crippen LogP contribution is -2.40. The quantitative estimate of drug-likeness (QED) is 0.815. The van der Waals surface area contributed by atoms with Crippen LogP contribution in [0.2, 0.25) is 5.02 Å². The number of rotatable bonds is 7. The van der Waals surface area contributed by atoms with E-state index in [9.17, 15) is 4.79 Å². The van der Waals surface area contributed by atoms with Crippen molar-refractivity contribution < 1.29 is 9.53 Å². The Bertz CT molecular complexity index is 575. The summed E-state index contributed by atoms with van der Waals surface area (Å²) in [7, 11) is 1.60. The Balaban J connectivity index is 1.84. The van der Waals surface area contributed by atoms with Crippen LogP contribution < -0.4 is 10.6 Å². The molecule has 2 amide bonds. The Morgan fingerprint density at radius 1 is 1.41 bits per heavy atom. The Hall–Kier alpha value is -1.63. The minimum absolute atomic E-state index is 0.221. The molecular weight excluding hydrogens is 322 g/mol. The van der Waals surface area contributed by atoms with E-state index < -0.39 is 0 Å². The predicted octanol–water partition coefficient (Wildman–Crippen LogP) is 3.03. The van der Waals surface area contributed by atoms with E-state index in [-0.39, 0.29) is 12.1 Å². The van der Waals surface area contributed by atoms with Crippen LogP contribution in [0.15, 0.2) is 35.2 Å². The van der Waals surface area contributed by atoms with Crippen LogP contribution in [-0.4, -0.2) is 31.3 Å². The number of methoxy groups -OCH3 is 1.